The van der Waals surface area contributed by atoms with Crippen LogP contribution in [0.5, 0.6) is 5.75 Å². The van der Waals surface area contributed by atoms with Gasteiger partial charge in [-0.05, 0) is 31.2 Å². The van der Waals surface area contributed by atoms with E-state index in [1.54, 1.807) is 18.2 Å². The number of para-hydroxylation sites is 1. The lowest BCUT2D eigenvalue weighted by Gasteiger charge is -2.09. The highest BCUT2D eigenvalue weighted by atomic mass is 16.4. The Morgan fingerprint density at radius 1 is 0.957 bits per heavy atom. The SMILES string of the molecule is CC(=O)c1c(C(=O)c2ccccc2O)ccc2ccc(=O)oc12. The largest absolute Gasteiger partial charge is 0.507 e. The number of benzene rings is 2. The topological polar surface area (TPSA) is 84.6 Å². The van der Waals surface area contributed by atoms with Gasteiger partial charge in [0.2, 0.25) is 0 Å². The molecule has 0 saturated heterocycles. The predicted octanol–water partition coefficient (Wildman–Crippen LogP) is 2.93. The molecule has 1 heterocycles. The van der Waals surface area contributed by atoms with Crippen LogP contribution in [0, 0.1) is 0 Å². The van der Waals surface area contributed by atoms with E-state index in [9.17, 15) is 19.5 Å². The van der Waals surface area contributed by atoms with E-state index >= 15 is 0 Å². The van der Waals surface area contributed by atoms with Gasteiger partial charge < -0.3 is 9.52 Å². The van der Waals surface area contributed by atoms with Gasteiger partial charge in [-0.3, -0.25) is 9.59 Å². The van der Waals surface area contributed by atoms with Crippen molar-refractivity contribution in [3.63, 3.8) is 0 Å². The molecule has 0 radical (unpaired) electrons. The molecule has 0 saturated carbocycles. The highest BCUT2D eigenvalue weighted by Crippen LogP contribution is 2.27. The van der Waals surface area contributed by atoms with Crippen LogP contribution in [-0.2, 0) is 0 Å². The van der Waals surface area contributed by atoms with Crippen molar-refractivity contribution in [3.05, 3.63) is 75.6 Å². The highest BCUT2D eigenvalue weighted by Gasteiger charge is 2.22. The molecule has 3 rings (SSSR count). The smallest absolute Gasteiger partial charge is 0.336 e. The first-order valence-electron chi connectivity index (χ1n) is 6.89. The Bertz CT molecular complexity index is 998. The Balaban J connectivity index is 2.32. The molecule has 0 unspecified atom stereocenters. The highest BCUT2D eigenvalue weighted by molar-refractivity contribution is 6.20. The van der Waals surface area contributed by atoms with Crippen molar-refractivity contribution < 1.29 is 19.1 Å². The Hall–Kier alpha value is -3.21. The summed E-state index contributed by atoms with van der Waals surface area (Å²) in [5.41, 5.74) is -0.333. The standard InChI is InChI=1S/C18H12O5/c1-10(19)16-13(17(22)12-4-2-3-5-14(12)20)8-6-11-7-9-15(21)23-18(11)16/h2-9,20H,1H3. The summed E-state index contributed by atoms with van der Waals surface area (Å²) in [6.07, 6.45) is 0. The molecule has 1 N–H and O–H groups in total. The van der Waals surface area contributed by atoms with Crippen molar-refractivity contribution in [2.75, 3.05) is 0 Å². The molecular weight excluding hydrogens is 296 g/mol. The first-order valence-corrected chi connectivity index (χ1v) is 6.89. The van der Waals surface area contributed by atoms with Crippen LogP contribution in [0.3, 0.4) is 0 Å². The number of carbonyl (C=O) groups is 2. The monoisotopic (exact) mass is 308 g/mol. The van der Waals surface area contributed by atoms with Crippen molar-refractivity contribution in [1.29, 1.82) is 0 Å². The minimum absolute atomic E-state index is 0.0356. The molecule has 0 atom stereocenters. The Morgan fingerprint density at radius 2 is 1.65 bits per heavy atom. The summed E-state index contributed by atoms with van der Waals surface area (Å²) in [5, 5.41) is 10.4. The number of aromatic hydroxyl groups is 1. The Labute approximate surface area is 130 Å². The van der Waals surface area contributed by atoms with E-state index in [0.29, 0.717) is 5.39 Å². The summed E-state index contributed by atoms with van der Waals surface area (Å²) >= 11 is 0. The number of phenolic OH excluding ortho intramolecular Hbond substituents is 1. The normalized spacial score (nSPS) is 10.7. The molecule has 114 valence electrons. The summed E-state index contributed by atoms with van der Waals surface area (Å²) in [6.45, 7) is 1.30. The maximum atomic E-state index is 12.7. The maximum Gasteiger partial charge on any atom is 0.336 e. The molecule has 1 aromatic heterocycles. The maximum absolute atomic E-state index is 12.7. The van der Waals surface area contributed by atoms with Crippen molar-refractivity contribution >= 4 is 22.5 Å². The molecule has 0 spiro atoms. The van der Waals surface area contributed by atoms with Crippen LogP contribution in [0.2, 0.25) is 0 Å². The number of rotatable bonds is 3. The number of fused-ring (bicyclic) bond motifs is 1. The third-order valence-electron chi connectivity index (χ3n) is 3.54. The van der Waals surface area contributed by atoms with E-state index < -0.39 is 17.2 Å². The minimum atomic E-state index is -0.604. The zero-order valence-corrected chi connectivity index (χ0v) is 12.2. The lowest BCUT2D eigenvalue weighted by molar-refractivity contribution is 0.0989. The minimum Gasteiger partial charge on any atom is -0.507 e. The van der Waals surface area contributed by atoms with Crippen LogP contribution in [0.1, 0.15) is 33.2 Å². The molecule has 0 fully saturated rings. The van der Waals surface area contributed by atoms with Gasteiger partial charge >= 0.3 is 5.63 Å². The van der Waals surface area contributed by atoms with E-state index in [1.165, 1.54) is 37.3 Å². The van der Waals surface area contributed by atoms with E-state index in [1.807, 2.05) is 0 Å². The molecule has 0 amide bonds. The second-order valence-corrected chi connectivity index (χ2v) is 5.06. The van der Waals surface area contributed by atoms with Crippen molar-refractivity contribution in [3.8, 4) is 5.75 Å². The summed E-state index contributed by atoms with van der Waals surface area (Å²) in [4.78, 5) is 36.2. The van der Waals surface area contributed by atoms with Gasteiger partial charge in [-0.1, -0.05) is 18.2 Å². The van der Waals surface area contributed by atoms with Crippen molar-refractivity contribution in [2.24, 2.45) is 0 Å². The molecule has 3 aromatic rings. The lowest BCUT2D eigenvalue weighted by atomic mass is 9.94. The van der Waals surface area contributed by atoms with Crippen molar-refractivity contribution in [2.45, 2.75) is 6.92 Å². The second-order valence-electron chi connectivity index (χ2n) is 5.06. The Morgan fingerprint density at radius 3 is 2.35 bits per heavy atom. The average Bonchev–Trinajstić information content (AvgIpc) is 2.53. The molecule has 2 aromatic carbocycles. The number of hydrogen-bond acceptors (Lipinski definition) is 5. The summed E-state index contributed by atoms with van der Waals surface area (Å²) in [6, 6.07) is 11.9. The average molecular weight is 308 g/mol. The number of phenols is 1. The van der Waals surface area contributed by atoms with Crippen LogP contribution < -0.4 is 5.63 Å². The summed E-state index contributed by atoms with van der Waals surface area (Å²) in [7, 11) is 0. The summed E-state index contributed by atoms with van der Waals surface area (Å²) in [5.74, 6) is -1.09. The van der Waals surface area contributed by atoms with Gasteiger partial charge in [0.25, 0.3) is 0 Å². The zero-order chi connectivity index (χ0) is 16.6. The van der Waals surface area contributed by atoms with E-state index in [4.69, 9.17) is 4.42 Å². The van der Waals surface area contributed by atoms with Gasteiger partial charge in [-0.15, -0.1) is 0 Å². The fourth-order valence-corrected chi connectivity index (χ4v) is 2.48. The van der Waals surface area contributed by atoms with E-state index in [-0.39, 0.29) is 28.0 Å². The fourth-order valence-electron chi connectivity index (χ4n) is 2.48. The van der Waals surface area contributed by atoms with Gasteiger partial charge in [-0.2, -0.15) is 0 Å². The number of carbonyl (C=O) groups excluding carboxylic acids is 2. The molecule has 0 aliphatic rings. The quantitative estimate of drug-likeness (QED) is 0.594. The molecule has 0 aliphatic heterocycles. The van der Waals surface area contributed by atoms with Crippen LogP contribution in [0.4, 0.5) is 0 Å². The van der Waals surface area contributed by atoms with Gasteiger partial charge in [0.05, 0.1) is 11.1 Å². The third-order valence-corrected chi connectivity index (χ3v) is 3.54. The second kappa shape index (κ2) is 5.53. The van der Waals surface area contributed by atoms with Crippen molar-refractivity contribution in [1.82, 2.24) is 0 Å². The summed E-state index contributed by atoms with van der Waals surface area (Å²) < 4.78 is 5.12. The molecule has 0 bridgehead atoms. The molecular formula is C18H12O5. The van der Waals surface area contributed by atoms with Crippen LogP contribution in [-0.4, -0.2) is 16.7 Å². The predicted molar refractivity (Wildman–Crippen MR) is 84.0 cm³/mol. The van der Waals surface area contributed by atoms with Crippen LogP contribution in [0.15, 0.2) is 57.7 Å². The van der Waals surface area contributed by atoms with E-state index in [2.05, 4.69) is 0 Å². The first-order chi connectivity index (χ1) is 11.0. The van der Waals surface area contributed by atoms with Gasteiger partial charge in [0.15, 0.2) is 11.6 Å². The molecule has 23 heavy (non-hydrogen) atoms. The third kappa shape index (κ3) is 2.53. The molecule has 0 aliphatic carbocycles. The van der Waals surface area contributed by atoms with Gasteiger partial charge in [0.1, 0.15) is 11.3 Å². The zero-order valence-electron chi connectivity index (χ0n) is 12.2. The molecule has 5 heteroatoms. The number of ketones is 2. The fraction of sp³-hybridized carbons (Fsp3) is 0.0556. The number of hydrogen-bond donors (Lipinski definition) is 1. The van der Waals surface area contributed by atoms with Gasteiger partial charge in [-0.25, -0.2) is 4.79 Å². The lowest BCUT2D eigenvalue weighted by Crippen LogP contribution is -2.10. The molecule has 5 nitrogen and oxygen atoms in total. The number of Topliss-reactive ketones (excluding diaryl/α,β-unsaturated/α-hetero) is 1. The van der Waals surface area contributed by atoms with E-state index in [0.717, 1.165) is 0 Å². The first kappa shape index (κ1) is 14.7. The van der Waals surface area contributed by atoms with Crippen LogP contribution in [0.25, 0.3) is 11.0 Å². The Kier molecular flexibility index (Phi) is 3.54. The van der Waals surface area contributed by atoms with Crippen LogP contribution >= 0.6 is 0 Å². The van der Waals surface area contributed by atoms with Gasteiger partial charge in [0, 0.05) is 17.0 Å².